The number of anilines is 2. The molecule has 0 amide bonds. The van der Waals surface area contributed by atoms with Gasteiger partial charge in [-0.25, -0.2) is 0 Å². The number of hydrogen-bond acceptors (Lipinski definition) is 6. The van der Waals surface area contributed by atoms with E-state index in [-0.39, 0.29) is 22.7 Å². The van der Waals surface area contributed by atoms with E-state index in [2.05, 4.69) is 0 Å². The van der Waals surface area contributed by atoms with E-state index in [0.29, 0.717) is 0 Å². The number of nitrogens with two attached hydrogens (primary N) is 1. The summed E-state index contributed by atoms with van der Waals surface area (Å²) in [7, 11) is 2.98. The number of benzene rings is 1. The van der Waals surface area contributed by atoms with Crippen molar-refractivity contribution in [1.82, 2.24) is 0 Å². The maximum atomic E-state index is 10.8. The standard InChI is InChI=1S/C8H10N4O4/c1-10(2)8-6(11(13)14)3-5(9)4-7(8)12(15)16/h3-4H,9H2,1-2H3. The fourth-order valence-electron chi connectivity index (χ4n) is 1.36. The van der Waals surface area contributed by atoms with Gasteiger partial charge in [-0.05, 0) is 0 Å². The predicted molar refractivity (Wildman–Crippen MR) is 58.5 cm³/mol. The van der Waals surface area contributed by atoms with Crippen LogP contribution in [0.15, 0.2) is 12.1 Å². The first-order valence-corrected chi connectivity index (χ1v) is 4.24. The molecule has 0 aliphatic heterocycles. The second-order valence-corrected chi connectivity index (χ2v) is 3.32. The van der Waals surface area contributed by atoms with Crippen LogP contribution in [0, 0.1) is 20.2 Å². The van der Waals surface area contributed by atoms with E-state index in [0.717, 1.165) is 12.1 Å². The van der Waals surface area contributed by atoms with E-state index in [1.54, 1.807) is 0 Å². The topological polar surface area (TPSA) is 116 Å². The highest BCUT2D eigenvalue weighted by Gasteiger charge is 2.27. The lowest BCUT2D eigenvalue weighted by Crippen LogP contribution is -2.13. The molecule has 0 atom stereocenters. The van der Waals surface area contributed by atoms with Gasteiger partial charge < -0.3 is 10.6 Å². The van der Waals surface area contributed by atoms with E-state index in [9.17, 15) is 20.2 Å². The quantitative estimate of drug-likeness (QED) is 0.469. The zero-order valence-electron chi connectivity index (χ0n) is 8.71. The second-order valence-electron chi connectivity index (χ2n) is 3.32. The van der Waals surface area contributed by atoms with Crippen LogP contribution >= 0.6 is 0 Å². The second kappa shape index (κ2) is 4.01. The van der Waals surface area contributed by atoms with E-state index >= 15 is 0 Å². The summed E-state index contributed by atoms with van der Waals surface area (Å²) in [5.74, 6) is 0. The molecular formula is C8H10N4O4. The Labute approximate surface area is 90.6 Å². The molecule has 0 spiro atoms. The Morgan fingerprint density at radius 3 is 1.75 bits per heavy atom. The molecule has 0 unspecified atom stereocenters. The van der Waals surface area contributed by atoms with Crippen LogP contribution in [0.3, 0.4) is 0 Å². The monoisotopic (exact) mass is 226 g/mol. The summed E-state index contributed by atoms with van der Waals surface area (Å²) in [6.45, 7) is 0. The molecule has 0 saturated heterocycles. The summed E-state index contributed by atoms with van der Waals surface area (Å²) < 4.78 is 0. The van der Waals surface area contributed by atoms with Crippen molar-refractivity contribution in [3.8, 4) is 0 Å². The molecule has 16 heavy (non-hydrogen) atoms. The van der Waals surface area contributed by atoms with Crippen molar-refractivity contribution in [3.63, 3.8) is 0 Å². The molecule has 8 nitrogen and oxygen atoms in total. The molecule has 0 heterocycles. The zero-order chi connectivity index (χ0) is 12.5. The molecule has 1 rings (SSSR count). The molecule has 0 aromatic heterocycles. The van der Waals surface area contributed by atoms with Gasteiger partial charge in [-0.15, -0.1) is 0 Å². The average Bonchev–Trinajstić information content (AvgIpc) is 2.15. The van der Waals surface area contributed by atoms with Crippen molar-refractivity contribution < 1.29 is 9.85 Å². The summed E-state index contributed by atoms with van der Waals surface area (Å²) in [5.41, 5.74) is 4.54. The molecule has 8 heteroatoms. The van der Waals surface area contributed by atoms with Crippen LogP contribution < -0.4 is 10.6 Å². The van der Waals surface area contributed by atoms with Crippen molar-refractivity contribution in [3.05, 3.63) is 32.4 Å². The van der Waals surface area contributed by atoms with Gasteiger partial charge in [0.1, 0.15) is 0 Å². The predicted octanol–water partition coefficient (Wildman–Crippen LogP) is 1.15. The molecule has 0 fully saturated rings. The number of nitrogen functional groups attached to an aromatic ring is 1. The largest absolute Gasteiger partial charge is 0.398 e. The number of hydrogen-bond donors (Lipinski definition) is 1. The summed E-state index contributed by atoms with van der Waals surface area (Å²) in [6, 6.07) is 2.20. The van der Waals surface area contributed by atoms with Gasteiger partial charge in [-0.3, -0.25) is 20.2 Å². The van der Waals surface area contributed by atoms with Crippen molar-refractivity contribution in [2.45, 2.75) is 0 Å². The normalized spacial score (nSPS) is 9.88. The third kappa shape index (κ3) is 2.00. The Kier molecular flexibility index (Phi) is 2.93. The highest BCUT2D eigenvalue weighted by atomic mass is 16.6. The van der Waals surface area contributed by atoms with Crippen LogP contribution in [0.4, 0.5) is 22.7 Å². The first kappa shape index (κ1) is 11.7. The molecule has 0 aliphatic rings. The van der Waals surface area contributed by atoms with Crippen LogP contribution in [0.2, 0.25) is 0 Å². The number of nitro groups is 2. The number of nitrogens with zero attached hydrogens (tertiary/aromatic N) is 3. The maximum absolute atomic E-state index is 10.8. The van der Waals surface area contributed by atoms with Gasteiger partial charge in [0.15, 0.2) is 5.69 Å². The molecule has 1 aromatic carbocycles. The SMILES string of the molecule is CN(C)c1c([N+](=O)[O-])cc(N)cc1[N+](=O)[O-]. The van der Waals surface area contributed by atoms with Crippen LogP contribution in [-0.2, 0) is 0 Å². The summed E-state index contributed by atoms with van der Waals surface area (Å²) in [5, 5.41) is 21.5. The fraction of sp³-hybridized carbons (Fsp3) is 0.250. The Balaban J connectivity index is 3.60. The molecule has 0 saturated carbocycles. The first-order valence-electron chi connectivity index (χ1n) is 4.24. The third-order valence-corrected chi connectivity index (χ3v) is 1.93. The Morgan fingerprint density at radius 1 is 1.12 bits per heavy atom. The molecule has 0 bridgehead atoms. The van der Waals surface area contributed by atoms with Crippen molar-refractivity contribution in [2.75, 3.05) is 24.7 Å². The highest BCUT2D eigenvalue weighted by Crippen LogP contribution is 2.38. The van der Waals surface area contributed by atoms with Crippen molar-refractivity contribution in [2.24, 2.45) is 0 Å². The average molecular weight is 226 g/mol. The van der Waals surface area contributed by atoms with Crippen LogP contribution in [0.25, 0.3) is 0 Å². The summed E-state index contributed by atoms with van der Waals surface area (Å²) in [4.78, 5) is 21.4. The number of nitro benzene ring substituents is 2. The van der Waals surface area contributed by atoms with Gasteiger partial charge in [0.2, 0.25) is 0 Å². The molecule has 1 aromatic rings. The minimum absolute atomic E-state index is 0.0102. The zero-order valence-corrected chi connectivity index (χ0v) is 8.71. The lowest BCUT2D eigenvalue weighted by atomic mass is 10.2. The Bertz CT molecular complexity index is 422. The molecule has 0 aliphatic carbocycles. The van der Waals surface area contributed by atoms with Gasteiger partial charge in [0.05, 0.1) is 9.85 Å². The van der Waals surface area contributed by atoms with Crippen LogP contribution in [0.1, 0.15) is 0 Å². The van der Waals surface area contributed by atoms with E-state index < -0.39 is 9.85 Å². The molecule has 2 N–H and O–H groups in total. The van der Waals surface area contributed by atoms with Gasteiger partial charge in [-0.2, -0.15) is 0 Å². The first-order chi connectivity index (χ1) is 7.34. The van der Waals surface area contributed by atoms with Crippen molar-refractivity contribution in [1.29, 1.82) is 0 Å². The Morgan fingerprint density at radius 2 is 1.50 bits per heavy atom. The highest BCUT2D eigenvalue weighted by molar-refractivity contribution is 5.78. The van der Waals surface area contributed by atoms with Gasteiger partial charge in [0, 0.05) is 31.9 Å². The third-order valence-electron chi connectivity index (χ3n) is 1.93. The van der Waals surface area contributed by atoms with E-state index in [1.165, 1.54) is 19.0 Å². The van der Waals surface area contributed by atoms with Gasteiger partial charge >= 0.3 is 11.4 Å². The molecule has 86 valence electrons. The van der Waals surface area contributed by atoms with E-state index in [4.69, 9.17) is 5.73 Å². The van der Waals surface area contributed by atoms with Crippen molar-refractivity contribution >= 4 is 22.7 Å². The van der Waals surface area contributed by atoms with Gasteiger partial charge in [0.25, 0.3) is 0 Å². The van der Waals surface area contributed by atoms with Crippen LogP contribution in [0.5, 0.6) is 0 Å². The summed E-state index contributed by atoms with van der Waals surface area (Å²) in [6.07, 6.45) is 0. The maximum Gasteiger partial charge on any atom is 0.301 e. The fourth-order valence-corrected chi connectivity index (χ4v) is 1.36. The van der Waals surface area contributed by atoms with Crippen LogP contribution in [-0.4, -0.2) is 23.9 Å². The summed E-state index contributed by atoms with van der Waals surface area (Å²) >= 11 is 0. The van der Waals surface area contributed by atoms with Gasteiger partial charge in [-0.1, -0.05) is 0 Å². The van der Waals surface area contributed by atoms with E-state index in [1.807, 2.05) is 0 Å². The Hall–Kier alpha value is -2.38. The lowest BCUT2D eigenvalue weighted by molar-refractivity contribution is -0.392. The minimum atomic E-state index is -0.696. The lowest BCUT2D eigenvalue weighted by Gasteiger charge is -2.13. The molecule has 0 radical (unpaired) electrons. The number of rotatable bonds is 3. The smallest absolute Gasteiger partial charge is 0.301 e. The minimum Gasteiger partial charge on any atom is -0.398 e. The molecular weight excluding hydrogens is 216 g/mol.